The van der Waals surface area contributed by atoms with Gasteiger partial charge in [-0.2, -0.15) is 13.2 Å². The first kappa shape index (κ1) is 15.9. The van der Waals surface area contributed by atoms with E-state index in [4.69, 9.17) is 0 Å². The van der Waals surface area contributed by atoms with Gasteiger partial charge in [-0.1, -0.05) is 30.3 Å². The van der Waals surface area contributed by atoms with Crippen LogP contribution in [0.5, 0.6) is 0 Å². The van der Waals surface area contributed by atoms with Gasteiger partial charge in [0.15, 0.2) is 5.78 Å². The number of hydrogen-bond acceptors (Lipinski definition) is 2. The average Bonchev–Trinajstić information content (AvgIpc) is 2.46. The molecule has 2 aromatic rings. The minimum atomic E-state index is -4.74. The molecule has 6 heteroatoms. The first-order valence-electron chi connectivity index (χ1n) is 6.35. The lowest BCUT2D eigenvalue weighted by atomic mass is 10.1. The molecule has 0 fully saturated rings. The molecule has 2 rings (SSSR count). The summed E-state index contributed by atoms with van der Waals surface area (Å²) in [4.78, 5) is 15.4. The molecule has 0 N–H and O–H groups in total. The number of Topliss-reactive ketones (excluding diaryl/α,β-unsaturated/α-hetero) is 1. The van der Waals surface area contributed by atoms with Crippen molar-refractivity contribution in [3.05, 3.63) is 66.0 Å². The highest BCUT2D eigenvalue weighted by molar-refractivity contribution is 6.12. The van der Waals surface area contributed by atoms with Crippen LogP contribution >= 0.6 is 0 Å². The van der Waals surface area contributed by atoms with Gasteiger partial charge in [0.05, 0.1) is 12.1 Å². The Morgan fingerprint density at radius 2 is 1.68 bits per heavy atom. The summed E-state index contributed by atoms with van der Waals surface area (Å²) in [5.74, 6) is -1.52. The molecule has 0 amide bonds. The molecule has 0 spiro atoms. The van der Waals surface area contributed by atoms with E-state index in [0.29, 0.717) is 0 Å². The van der Waals surface area contributed by atoms with Crippen molar-refractivity contribution in [3.63, 3.8) is 0 Å². The summed E-state index contributed by atoms with van der Waals surface area (Å²) in [6.45, 7) is 0. The molecular weight excluding hydrogens is 298 g/mol. The quantitative estimate of drug-likeness (QED) is 0.456. The fraction of sp³-hybridized carbons (Fsp3) is 0.125. The summed E-state index contributed by atoms with van der Waals surface area (Å²) in [6.07, 6.45) is -5.68. The van der Waals surface area contributed by atoms with E-state index >= 15 is 0 Å². The molecule has 0 saturated carbocycles. The molecule has 2 aromatic carbocycles. The van der Waals surface area contributed by atoms with E-state index < -0.39 is 29.9 Å². The maximum atomic E-state index is 13.0. The predicted molar refractivity (Wildman–Crippen MR) is 74.9 cm³/mol. The van der Waals surface area contributed by atoms with E-state index in [1.165, 1.54) is 24.3 Å². The third-order valence-corrected chi connectivity index (χ3v) is 2.82. The number of ketones is 1. The van der Waals surface area contributed by atoms with Gasteiger partial charge >= 0.3 is 6.18 Å². The molecule has 0 saturated heterocycles. The van der Waals surface area contributed by atoms with Crippen LogP contribution in [0.3, 0.4) is 0 Å². The summed E-state index contributed by atoms with van der Waals surface area (Å²) >= 11 is 0. The largest absolute Gasteiger partial charge is 0.429 e. The molecule has 0 heterocycles. The van der Waals surface area contributed by atoms with E-state index in [0.717, 1.165) is 12.1 Å². The summed E-state index contributed by atoms with van der Waals surface area (Å²) in [5.41, 5.74) is -1.24. The van der Waals surface area contributed by atoms with Crippen molar-refractivity contribution >= 4 is 17.2 Å². The Morgan fingerprint density at radius 3 is 2.27 bits per heavy atom. The number of carbonyl (C=O) groups excluding carboxylic acids is 1. The molecule has 0 aromatic heterocycles. The summed E-state index contributed by atoms with van der Waals surface area (Å²) < 4.78 is 52.1. The maximum Gasteiger partial charge on any atom is 0.429 e. The Hall–Kier alpha value is -2.50. The lowest BCUT2D eigenvalue weighted by Gasteiger charge is -2.10. The van der Waals surface area contributed by atoms with E-state index in [2.05, 4.69) is 4.99 Å². The molecule has 0 unspecified atom stereocenters. The Labute approximate surface area is 124 Å². The first-order chi connectivity index (χ1) is 10.4. The van der Waals surface area contributed by atoms with Crippen LogP contribution in [0.1, 0.15) is 16.8 Å². The molecule has 0 aliphatic heterocycles. The Kier molecular flexibility index (Phi) is 4.70. The Bertz CT molecular complexity index is 693. The highest BCUT2D eigenvalue weighted by Crippen LogP contribution is 2.24. The molecule has 22 heavy (non-hydrogen) atoms. The van der Waals surface area contributed by atoms with Crippen LogP contribution in [0, 0.1) is 5.82 Å². The van der Waals surface area contributed by atoms with Gasteiger partial charge in [0, 0.05) is 5.56 Å². The molecule has 114 valence electrons. The minimum Gasteiger partial charge on any atom is -0.294 e. The maximum absolute atomic E-state index is 13.0. The highest BCUT2D eigenvalue weighted by atomic mass is 19.4. The lowest BCUT2D eigenvalue weighted by molar-refractivity contribution is -0.0601. The highest BCUT2D eigenvalue weighted by Gasteiger charge is 2.37. The number of carbonyl (C=O) groups is 1. The molecule has 0 bridgehead atoms. The van der Waals surface area contributed by atoms with Gasteiger partial charge < -0.3 is 0 Å². The molecule has 0 atom stereocenters. The van der Waals surface area contributed by atoms with Crippen LogP contribution < -0.4 is 0 Å². The van der Waals surface area contributed by atoms with Gasteiger partial charge in [-0.05, 0) is 24.3 Å². The van der Waals surface area contributed by atoms with Crippen molar-refractivity contribution in [2.24, 2.45) is 4.99 Å². The lowest BCUT2D eigenvalue weighted by Crippen LogP contribution is -2.25. The van der Waals surface area contributed by atoms with E-state index in [1.807, 2.05) is 0 Å². The van der Waals surface area contributed by atoms with E-state index in [1.54, 1.807) is 18.2 Å². The summed E-state index contributed by atoms with van der Waals surface area (Å²) in [5, 5.41) is 0. The van der Waals surface area contributed by atoms with Gasteiger partial charge in [-0.3, -0.25) is 4.79 Å². The van der Waals surface area contributed by atoms with Crippen molar-refractivity contribution in [1.82, 2.24) is 0 Å². The third kappa shape index (κ3) is 4.25. The number of alkyl halides is 3. The normalized spacial score (nSPS) is 12.3. The number of hydrogen-bond donors (Lipinski definition) is 0. The number of benzene rings is 2. The van der Waals surface area contributed by atoms with Crippen molar-refractivity contribution in [2.75, 3.05) is 0 Å². The molecule has 0 radical (unpaired) electrons. The Morgan fingerprint density at radius 1 is 1.00 bits per heavy atom. The number of aliphatic imine (C=N–C) groups is 1. The zero-order chi connectivity index (χ0) is 16.2. The van der Waals surface area contributed by atoms with Gasteiger partial charge in [0.2, 0.25) is 0 Å². The third-order valence-electron chi connectivity index (χ3n) is 2.82. The second kappa shape index (κ2) is 6.51. The zero-order valence-corrected chi connectivity index (χ0v) is 11.3. The van der Waals surface area contributed by atoms with Crippen LogP contribution in [0.4, 0.5) is 23.2 Å². The number of nitrogens with zero attached hydrogens (tertiary/aromatic N) is 1. The van der Waals surface area contributed by atoms with Gasteiger partial charge in [-0.15, -0.1) is 0 Å². The second-order valence-corrected chi connectivity index (χ2v) is 4.50. The molecular formula is C16H11F4NO. The molecule has 2 nitrogen and oxygen atoms in total. The standard InChI is InChI=1S/C16H11F4NO/c17-12-6-4-5-11(9-12)14(22)10-15(16(18,19)20)21-13-7-2-1-3-8-13/h1-9H,10H2. The van der Waals surface area contributed by atoms with E-state index in [-0.39, 0.29) is 11.3 Å². The minimum absolute atomic E-state index is 0.0990. The van der Waals surface area contributed by atoms with Crippen LogP contribution in [-0.4, -0.2) is 17.7 Å². The van der Waals surface area contributed by atoms with Crippen molar-refractivity contribution < 1.29 is 22.4 Å². The fourth-order valence-electron chi connectivity index (χ4n) is 1.78. The van der Waals surface area contributed by atoms with Gasteiger partial charge in [0.1, 0.15) is 11.5 Å². The molecule has 0 aliphatic rings. The number of para-hydroxylation sites is 1. The van der Waals surface area contributed by atoms with E-state index in [9.17, 15) is 22.4 Å². The van der Waals surface area contributed by atoms with Crippen LogP contribution in [-0.2, 0) is 0 Å². The van der Waals surface area contributed by atoms with Gasteiger partial charge in [0.25, 0.3) is 0 Å². The van der Waals surface area contributed by atoms with Crippen molar-refractivity contribution in [2.45, 2.75) is 12.6 Å². The number of rotatable bonds is 4. The number of halogens is 4. The van der Waals surface area contributed by atoms with Crippen LogP contribution in [0.2, 0.25) is 0 Å². The van der Waals surface area contributed by atoms with Crippen molar-refractivity contribution in [3.8, 4) is 0 Å². The molecule has 0 aliphatic carbocycles. The van der Waals surface area contributed by atoms with Crippen LogP contribution in [0.15, 0.2) is 59.6 Å². The summed E-state index contributed by atoms with van der Waals surface area (Å²) in [7, 11) is 0. The Balaban J connectivity index is 2.28. The van der Waals surface area contributed by atoms with Crippen molar-refractivity contribution in [1.29, 1.82) is 0 Å². The smallest absolute Gasteiger partial charge is 0.294 e. The fourth-order valence-corrected chi connectivity index (χ4v) is 1.78. The second-order valence-electron chi connectivity index (χ2n) is 4.50. The topological polar surface area (TPSA) is 29.4 Å². The zero-order valence-electron chi connectivity index (χ0n) is 11.3. The van der Waals surface area contributed by atoms with Gasteiger partial charge in [-0.25, -0.2) is 9.38 Å². The average molecular weight is 309 g/mol. The van der Waals surface area contributed by atoms with Crippen LogP contribution in [0.25, 0.3) is 0 Å². The monoisotopic (exact) mass is 309 g/mol. The predicted octanol–water partition coefficient (Wildman–Crippen LogP) is 4.73. The SMILES string of the molecule is O=C(CC(=Nc1ccccc1)C(F)(F)F)c1cccc(F)c1. The first-order valence-corrected chi connectivity index (χ1v) is 6.35. The summed E-state index contributed by atoms with van der Waals surface area (Å²) in [6, 6.07) is 12.1.